The van der Waals surface area contributed by atoms with Gasteiger partial charge in [0.15, 0.2) is 17.3 Å². The Morgan fingerprint density at radius 1 is 0.494 bits per heavy atom. The lowest BCUT2D eigenvalue weighted by Crippen LogP contribution is -2.62. The third kappa shape index (κ3) is 22.0. The summed E-state index contributed by atoms with van der Waals surface area (Å²) < 4.78 is 0. The number of likely N-dealkylation sites (tertiary alicyclic amines) is 1. The second-order valence-corrected chi connectivity index (χ2v) is 28.5. The van der Waals surface area contributed by atoms with E-state index in [0.29, 0.717) is 32.4 Å². The first kappa shape index (κ1) is 79.5. The predicted molar refractivity (Wildman–Crippen MR) is 343 cm³/mol. The number of amides is 8. The fourth-order valence-electron chi connectivity index (χ4n) is 12.7. The summed E-state index contributed by atoms with van der Waals surface area (Å²) in [5.41, 5.74) is 0. The highest BCUT2D eigenvalue weighted by Crippen LogP contribution is 2.29. The van der Waals surface area contributed by atoms with Crippen LogP contribution in [0.2, 0.25) is 0 Å². The second kappa shape index (κ2) is 35.8. The molecule has 2 rings (SSSR count). The molecule has 0 aromatic rings. The van der Waals surface area contributed by atoms with E-state index in [-0.39, 0.29) is 68.6 Å². The zero-order valence-electron chi connectivity index (χ0n) is 58.7. The molecular formula is C67H117N9O13. The minimum atomic E-state index is -1.54. The van der Waals surface area contributed by atoms with Crippen molar-refractivity contribution in [3.05, 3.63) is 0 Å². The summed E-state index contributed by atoms with van der Waals surface area (Å²) in [7, 11) is 10.2. The Morgan fingerprint density at radius 3 is 1.44 bits per heavy atom. The number of carbonyl (C=O) groups excluding carboxylic acids is 12. The van der Waals surface area contributed by atoms with Gasteiger partial charge in [0, 0.05) is 92.8 Å². The maximum atomic E-state index is 15.3. The maximum Gasteiger partial charge on any atom is 0.246 e. The minimum Gasteiger partial charge on any atom is -0.390 e. The largest absolute Gasteiger partial charge is 0.390 e. The van der Waals surface area contributed by atoms with E-state index in [1.54, 1.807) is 62.3 Å². The number of hydrogen-bond acceptors (Lipinski definition) is 14. The third-order valence-corrected chi connectivity index (χ3v) is 18.4. The molecule has 2 fully saturated rings. The van der Waals surface area contributed by atoms with Gasteiger partial charge in [-0.05, 0) is 100.0 Å². The number of carbonyl (C=O) groups is 12. The predicted octanol–water partition coefficient (Wildman–Crippen LogP) is 5.24. The summed E-state index contributed by atoms with van der Waals surface area (Å²) in [5, 5.41) is 15.2. The Hall–Kier alpha value is -5.64. The monoisotopic (exact) mass is 1260 g/mol. The van der Waals surface area contributed by atoms with Gasteiger partial charge in [-0.3, -0.25) is 62.4 Å². The summed E-state index contributed by atoms with van der Waals surface area (Å²) in [5.74, 6) is -11.4. The highest BCUT2D eigenvalue weighted by Gasteiger charge is 2.46. The molecule has 0 aromatic carbocycles. The third-order valence-electron chi connectivity index (χ3n) is 18.4. The number of nitrogens with zero attached hydrogens (tertiary/aromatic N) is 8. The van der Waals surface area contributed by atoms with Gasteiger partial charge in [0.2, 0.25) is 47.3 Å². The number of likely N-dealkylation sites (N-methyl/N-ethyl adjacent to an activating group) is 7. The lowest BCUT2D eigenvalue weighted by Gasteiger charge is -2.42. The topological polar surface area (TPSA) is 263 Å². The van der Waals surface area contributed by atoms with Gasteiger partial charge in [0.1, 0.15) is 36.0 Å². The van der Waals surface area contributed by atoms with Gasteiger partial charge in [0.25, 0.3) is 0 Å². The summed E-state index contributed by atoms with van der Waals surface area (Å²) in [6.45, 7) is 29.3. The van der Waals surface area contributed by atoms with Crippen molar-refractivity contribution in [3.8, 4) is 0 Å². The Balaban J connectivity index is 2.96. The highest BCUT2D eigenvalue weighted by molar-refractivity contribution is 5.99. The molecule has 508 valence electrons. The fourth-order valence-corrected chi connectivity index (χ4v) is 12.7. The molecule has 0 bridgehead atoms. The second-order valence-electron chi connectivity index (χ2n) is 28.5. The van der Waals surface area contributed by atoms with E-state index in [2.05, 4.69) is 5.32 Å². The smallest absolute Gasteiger partial charge is 0.246 e. The van der Waals surface area contributed by atoms with Crippen molar-refractivity contribution in [3.63, 3.8) is 0 Å². The van der Waals surface area contributed by atoms with Crippen LogP contribution in [0.4, 0.5) is 0 Å². The van der Waals surface area contributed by atoms with Crippen LogP contribution in [0.15, 0.2) is 0 Å². The maximum absolute atomic E-state index is 15.3. The van der Waals surface area contributed by atoms with Crippen LogP contribution in [-0.4, -0.2) is 239 Å². The molecule has 0 radical (unpaired) electrons. The quantitative estimate of drug-likeness (QED) is 0.213. The number of rotatable bonds is 15. The molecular weight excluding hydrogens is 1140 g/mol. The Kier molecular flexibility index (Phi) is 32.0. The lowest BCUT2D eigenvalue weighted by molar-refractivity contribution is -0.157. The van der Waals surface area contributed by atoms with E-state index in [1.807, 2.05) is 46.4 Å². The molecule has 89 heavy (non-hydrogen) atoms. The van der Waals surface area contributed by atoms with Crippen LogP contribution < -0.4 is 5.32 Å². The number of hydrogen-bond donors (Lipinski definition) is 2. The number of ketones is 4. The van der Waals surface area contributed by atoms with Gasteiger partial charge < -0.3 is 44.7 Å². The van der Waals surface area contributed by atoms with Crippen LogP contribution in [-0.2, 0) is 57.5 Å². The Labute approximate surface area is 533 Å². The van der Waals surface area contributed by atoms with Crippen LogP contribution in [0.5, 0.6) is 0 Å². The first-order valence-corrected chi connectivity index (χ1v) is 32.8. The SMILES string of the molecule is CC[C@H]1CC(=O)[C@@H]([C@H](O)[C@H](C)CCN2CCCC(=O)C2)N(C)C(=O)[C@@H](C(C)C)N(C)C(=O)[C@@H](CC(C)C)N(C)C(=O)C(C(C)C)N(C)C(=O)[C@H](C)NC(=O)[C@@H](C)CC(=O)[C@@H](CC(C)C)N(C)C(=O)[C@@H](C(C)C)CC(=O)[C@H](CC(C)C)N(C)C(=O)CN(C)C1=O. The van der Waals surface area contributed by atoms with Crippen molar-refractivity contribution in [2.24, 2.45) is 59.2 Å². The van der Waals surface area contributed by atoms with Crippen LogP contribution in [0.3, 0.4) is 0 Å². The van der Waals surface area contributed by atoms with E-state index >= 15 is 14.4 Å². The molecule has 2 N–H and O–H groups in total. The first-order chi connectivity index (χ1) is 41.1. The van der Waals surface area contributed by atoms with Crippen molar-refractivity contribution in [1.29, 1.82) is 0 Å². The molecule has 2 heterocycles. The lowest BCUT2D eigenvalue weighted by atomic mass is 9.84. The Bertz CT molecular complexity index is 2460. The molecule has 2 aliphatic rings. The van der Waals surface area contributed by atoms with Crippen molar-refractivity contribution in [2.75, 3.05) is 75.5 Å². The molecule has 2 saturated heterocycles. The van der Waals surface area contributed by atoms with Crippen molar-refractivity contribution < 1.29 is 62.6 Å². The molecule has 22 heteroatoms. The van der Waals surface area contributed by atoms with Gasteiger partial charge in [-0.1, -0.05) is 104 Å². The summed E-state index contributed by atoms with van der Waals surface area (Å²) in [6, 6.07) is -8.28. The summed E-state index contributed by atoms with van der Waals surface area (Å²) in [4.78, 5) is 185. The van der Waals surface area contributed by atoms with Crippen LogP contribution in [0.25, 0.3) is 0 Å². The van der Waals surface area contributed by atoms with Crippen LogP contribution in [0, 0.1) is 59.2 Å². The van der Waals surface area contributed by atoms with Crippen molar-refractivity contribution in [1.82, 2.24) is 44.5 Å². The normalized spacial score (nSPS) is 27.7. The number of nitrogens with one attached hydrogen (secondary N) is 1. The van der Waals surface area contributed by atoms with Crippen molar-refractivity contribution in [2.45, 2.75) is 223 Å². The van der Waals surface area contributed by atoms with Gasteiger partial charge in [0.05, 0.1) is 31.3 Å². The molecule has 12 atom stereocenters. The zero-order valence-corrected chi connectivity index (χ0v) is 58.7. The molecule has 22 nitrogen and oxygen atoms in total. The number of piperidine rings is 1. The average molecular weight is 1260 g/mol. The molecule has 0 spiro atoms. The minimum absolute atomic E-state index is 0.0725. The standard InChI is InChI=1S/C67H117N9O13/c1-24-47-34-55(80)59(60(82)44(14)27-29-76-28-25-26-48(77)36-76)75(23)67(89)58(43(12)13)74(22)65(87)52(32-40(6)7)72(20)66(88)57(42(10)11)73(21)62(84)46(16)68-61(83)45(15)33-53(78)51(31-39(4)5)71(19)64(86)49(41(8)9)35-54(79)50(30-38(2)3)70(18)56(81)37-69(17)63(47)85/h38-47,49-52,57-60,82H,24-37H2,1-23H3,(H,68,83)/t44-,45+,46+,47+,49-,50+,51-,52-,57?,58-,59+,60-/m1/s1. The number of Topliss-reactive ketones (excluding diaryl/α,β-unsaturated/α-hetero) is 4. The molecule has 0 saturated carbocycles. The molecule has 8 amide bonds. The van der Waals surface area contributed by atoms with Gasteiger partial charge in [-0.2, -0.15) is 0 Å². The van der Waals surface area contributed by atoms with Crippen molar-refractivity contribution >= 4 is 70.4 Å². The number of aliphatic hydroxyl groups is 1. The molecule has 0 aliphatic carbocycles. The van der Waals surface area contributed by atoms with E-state index in [1.165, 1.54) is 85.7 Å². The molecule has 0 aromatic heterocycles. The average Bonchev–Trinajstić information content (AvgIpc) is 0.982. The zero-order chi connectivity index (χ0) is 68.5. The fraction of sp³-hybridized carbons (Fsp3) is 0.821. The first-order valence-electron chi connectivity index (χ1n) is 32.8. The van der Waals surface area contributed by atoms with Gasteiger partial charge in [-0.15, -0.1) is 0 Å². The highest BCUT2D eigenvalue weighted by atomic mass is 16.3. The molecule has 1 unspecified atom stereocenters. The van der Waals surface area contributed by atoms with E-state index < -0.39 is 167 Å². The van der Waals surface area contributed by atoms with E-state index in [4.69, 9.17) is 0 Å². The van der Waals surface area contributed by atoms with Gasteiger partial charge in [-0.25, -0.2) is 0 Å². The van der Waals surface area contributed by atoms with Crippen LogP contribution >= 0.6 is 0 Å². The van der Waals surface area contributed by atoms with Gasteiger partial charge >= 0.3 is 0 Å². The summed E-state index contributed by atoms with van der Waals surface area (Å²) in [6.07, 6.45) is -0.240. The van der Waals surface area contributed by atoms with E-state index in [9.17, 15) is 48.3 Å². The van der Waals surface area contributed by atoms with E-state index in [0.717, 1.165) is 4.90 Å². The number of aliphatic hydroxyl groups excluding tert-OH is 1. The van der Waals surface area contributed by atoms with Crippen LogP contribution in [0.1, 0.15) is 175 Å². The Morgan fingerprint density at radius 2 is 0.955 bits per heavy atom. The summed E-state index contributed by atoms with van der Waals surface area (Å²) >= 11 is 0. The molecule has 2 aliphatic heterocycles.